The van der Waals surface area contributed by atoms with Gasteiger partial charge in [-0.05, 0) is 24.3 Å². The van der Waals surface area contributed by atoms with Crippen molar-refractivity contribution in [1.82, 2.24) is 9.97 Å². The Bertz CT molecular complexity index is 484. The highest BCUT2D eigenvalue weighted by molar-refractivity contribution is 6.03. The van der Waals surface area contributed by atoms with Crippen LogP contribution in [0.3, 0.4) is 0 Å². The Hall–Kier alpha value is -2.30. The second kappa shape index (κ2) is 4.48. The molecule has 0 aromatic carbocycles. The Morgan fingerprint density at radius 3 is 2.56 bits per heavy atom. The summed E-state index contributed by atoms with van der Waals surface area (Å²) in [7, 11) is 0. The number of aromatic nitrogens is 2. The summed E-state index contributed by atoms with van der Waals surface area (Å²) in [6.45, 7) is 0. The van der Waals surface area contributed by atoms with Gasteiger partial charge in [-0.3, -0.25) is 9.78 Å². The van der Waals surface area contributed by atoms with Crippen molar-refractivity contribution < 1.29 is 9.18 Å². The number of anilines is 1. The average Bonchev–Trinajstić information content (AvgIpc) is 2.33. The molecule has 0 aliphatic carbocycles. The van der Waals surface area contributed by atoms with E-state index in [0.717, 1.165) is 6.20 Å². The number of carbonyl (C=O) groups excluding carboxylic acids is 1. The molecule has 0 aliphatic heterocycles. The van der Waals surface area contributed by atoms with Crippen LogP contribution in [-0.4, -0.2) is 15.9 Å². The molecule has 0 atom stereocenters. The van der Waals surface area contributed by atoms with Crippen LogP contribution in [0.5, 0.6) is 0 Å². The molecule has 80 valence electrons. The maximum absolute atomic E-state index is 12.6. The van der Waals surface area contributed by atoms with Gasteiger partial charge in [-0.15, -0.1) is 0 Å². The van der Waals surface area contributed by atoms with E-state index in [1.165, 1.54) is 24.5 Å². The predicted molar refractivity (Wildman–Crippen MR) is 56.4 cm³/mol. The third-order valence-electron chi connectivity index (χ3n) is 1.91. The third kappa shape index (κ3) is 2.38. The molecular formula is C11H8FN3O. The van der Waals surface area contributed by atoms with E-state index in [4.69, 9.17) is 0 Å². The molecule has 0 saturated heterocycles. The number of carbonyl (C=O) groups is 1. The molecule has 0 bridgehead atoms. The largest absolute Gasteiger partial charge is 0.307 e. The summed E-state index contributed by atoms with van der Waals surface area (Å²) in [5.74, 6) is -0.438. The standard InChI is InChI=1S/C11H8FN3O/c12-9-1-2-10(14-7-9)15-11(16)8-3-5-13-6-4-8/h1-7H,(H,14,15,16). The van der Waals surface area contributed by atoms with Crippen LogP contribution in [-0.2, 0) is 0 Å². The topological polar surface area (TPSA) is 54.9 Å². The van der Waals surface area contributed by atoms with Crippen LogP contribution in [0, 0.1) is 5.82 Å². The molecule has 0 unspecified atom stereocenters. The highest BCUT2D eigenvalue weighted by Crippen LogP contribution is 2.06. The molecule has 5 heteroatoms. The molecule has 0 spiro atoms. The van der Waals surface area contributed by atoms with Crippen molar-refractivity contribution in [2.24, 2.45) is 0 Å². The van der Waals surface area contributed by atoms with Crippen LogP contribution >= 0.6 is 0 Å². The molecule has 2 heterocycles. The molecule has 2 aromatic rings. The number of rotatable bonds is 2. The number of pyridine rings is 2. The zero-order valence-corrected chi connectivity index (χ0v) is 8.22. The van der Waals surface area contributed by atoms with Crippen LogP contribution in [0.2, 0.25) is 0 Å². The Morgan fingerprint density at radius 2 is 1.94 bits per heavy atom. The van der Waals surface area contributed by atoms with Gasteiger partial charge in [0.15, 0.2) is 0 Å². The van der Waals surface area contributed by atoms with Crippen molar-refractivity contribution in [3.63, 3.8) is 0 Å². The van der Waals surface area contributed by atoms with Crippen LogP contribution in [0.25, 0.3) is 0 Å². The summed E-state index contributed by atoms with van der Waals surface area (Å²) >= 11 is 0. The lowest BCUT2D eigenvalue weighted by molar-refractivity contribution is 0.102. The van der Waals surface area contributed by atoms with E-state index in [-0.39, 0.29) is 5.91 Å². The summed E-state index contributed by atoms with van der Waals surface area (Å²) in [6, 6.07) is 5.79. The number of nitrogens with zero attached hydrogens (tertiary/aromatic N) is 2. The summed E-state index contributed by atoms with van der Waals surface area (Å²) in [6.07, 6.45) is 4.09. The Balaban J connectivity index is 2.11. The Kier molecular flexibility index (Phi) is 2.86. The number of hydrogen-bond donors (Lipinski definition) is 1. The fourth-order valence-corrected chi connectivity index (χ4v) is 1.14. The smallest absolute Gasteiger partial charge is 0.256 e. The summed E-state index contributed by atoms with van der Waals surface area (Å²) in [4.78, 5) is 19.1. The van der Waals surface area contributed by atoms with Crippen molar-refractivity contribution in [2.75, 3.05) is 5.32 Å². The van der Waals surface area contributed by atoms with Gasteiger partial charge >= 0.3 is 0 Å². The summed E-state index contributed by atoms with van der Waals surface area (Å²) < 4.78 is 12.6. The van der Waals surface area contributed by atoms with Gasteiger partial charge in [-0.1, -0.05) is 0 Å². The number of nitrogens with one attached hydrogen (secondary N) is 1. The molecule has 1 N–H and O–H groups in total. The van der Waals surface area contributed by atoms with Crippen molar-refractivity contribution in [1.29, 1.82) is 0 Å². The molecule has 2 aromatic heterocycles. The number of amides is 1. The molecule has 0 aliphatic rings. The van der Waals surface area contributed by atoms with Gasteiger partial charge in [-0.25, -0.2) is 9.37 Å². The average molecular weight is 217 g/mol. The first kappa shape index (κ1) is 10.2. The summed E-state index contributed by atoms with van der Waals surface area (Å²) in [5.41, 5.74) is 0.473. The van der Waals surface area contributed by atoms with Crippen LogP contribution < -0.4 is 5.32 Å². The van der Waals surface area contributed by atoms with E-state index < -0.39 is 5.82 Å². The van der Waals surface area contributed by atoms with Crippen LogP contribution in [0.15, 0.2) is 42.9 Å². The molecular weight excluding hydrogens is 209 g/mol. The van der Waals surface area contributed by atoms with Gasteiger partial charge in [0.2, 0.25) is 0 Å². The van der Waals surface area contributed by atoms with Gasteiger partial charge in [0.25, 0.3) is 5.91 Å². The van der Waals surface area contributed by atoms with E-state index >= 15 is 0 Å². The fraction of sp³-hybridized carbons (Fsp3) is 0. The minimum absolute atomic E-state index is 0.304. The highest BCUT2D eigenvalue weighted by atomic mass is 19.1. The Labute approximate surface area is 91.2 Å². The summed E-state index contributed by atoms with van der Waals surface area (Å²) in [5, 5.41) is 2.54. The van der Waals surface area contributed by atoms with E-state index in [2.05, 4.69) is 15.3 Å². The zero-order chi connectivity index (χ0) is 11.4. The minimum Gasteiger partial charge on any atom is -0.307 e. The van der Waals surface area contributed by atoms with Crippen molar-refractivity contribution in [3.05, 3.63) is 54.2 Å². The molecule has 0 saturated carbocycles. The molecule has 16 heavy (non-hydrogen) atoms. The van der Waals surface area contributed by atoms with Crippen molar-refractivity contribution in [2.45, 2.75) is 0 Å². The van der Waals surface area contributed by atoms with Gasteiger partial charge in [0.05, 0.1) is 6.20 Å². The van der Waals surface area contributed by atoms with E-state index in [9.17, 15) is 9.18 Å². The van der Waals surface area contributed by atoms with Gasteiger partial charge < -0.3 is 5.32 Å². The first-order chi connectivity index (χ1) is 7.75. The maximum Gasteiger partial charge on any atom is 0.256 e. The highest BCUT2D eigenvalue weighted by Gasteiger charge is 2.05. The third-order valence-corrected chi connectivity index (χ3v) is 1.91. The van der Waals surface area contributed by atoms with E-state index in [1.807, 2.05) is 0 Å². The van der Waals surface area contributed by atoms with E-state index in [1.54, 1.807) is 12.1 Å². The molecule has 0 radical (unpaired) electrons. The monoisotopic (exact) mass is 217 g/mol. The van der Waals surface area contributed by atoms with Gasteiger partial charge in [-0.2, -0.15) is 0 Å². The van der Waals surface area contributed by atoms with Crippen molar-refractivity contribution in [3.8, 4) is 0 Å². The van der Waals surface area contributed by atoms with Gasteiger partial charge in [0.1, 0.15) is 11.6 Å². The number of hydrogen-bond acceptors (Lipinski definition) is 3. The normalized spacial score (nSPS) is 9.81. The SMILES string of the molecule is O=C(Nc1ccc(F)cn1)c1ccncc1. The molecule has 1 amide bonds. The minimum atomic E-state index is -0.443. The second-order valence-corrected chi connectivity index (χ2v) is 3.05. The zero-order valence-electron chi connectivity index (χ0n) is 8.22. The molecule has 4 nitrogen and oxygen atoms in total. The lowest BCUT2D eigenvalue weighted by atomic mass is 10.2. The first-order valence-electron chi connectivity index (χ1n) is 4.58. The Morgan fingerprint density at radius 1 is 1.19 bits per heavy atom. The van der Waals surface area contributed by atoms with Crippen molar-refractivity contribution >= 4 is 11.7 Å². The molecule has 2 rings (SSSR count). The molecule has 0 fully saturated rings. The first-order valence-corrected chi connectivity index (χ1v) is 4.58. The lowest BCUT2D eigenvalue weighted by Crippen LogP contribution is -2.12. The second-order valence-electron chi connectivity index (χ2n) is 3.05. The lowest BCUT2D eigenvalue weighted by Gasteiger charge is -2.03. The van der Waals surface area contributed by atoms with Gasteiger partial charge in [0, 0.05) is 18.0 Å². The predicted octanol–water partition coefficient (Wildman–Crippen LogP) is 1.87. The fourth-order valence-electron chi connectivity index (χ4n) is 1.14. The maximum atomic E-state index is 12.6. The van der Waals surface area contributed by atoms with Crippen LogP contribution in [0.1, 0.15) is 10.4 Å². The van der Waals surface area contributed by atoms with Crippen LogP contribution in [0.4, 0.5) is 10.2 Å². The quantitative estimate of drug-likeness (QED) is 0.835. The van der Waals surface area contributed by atoms with E-state index in [0.29, 0.717) is 11.4 Å². The number of halogens is 1.